The van der Waals surface area contributed by atoms with E-state index in [0.29, 0.717) is 16.4 Å². The fraction of sp³-hybridized carbons (Fsp3) is 0.176. The summed E-state index contributed by atoms with van der Waals surface area (Å²) in [5.74, 6) is 0.171. The molecule has 0 aliphatic heterocycles. The summed E-state index contributed by atoms with van der Waals surface area (Å²) in [6.45, 7) is 0. The fourth-order valence-corrected chi connectivity index (χ4v) is 2.74. The van der Waals surface area contributed by atoms with E-state index in [4.69, 9.17) is 17.3 Å². The van der Waals surface area contributed by atoms with Crippen molar-refractivity contribution in [3.63, 3.8) is 0 Å². The van der Waals surface area contributed by atoms with Crippen molar-refractivity contribution >= 4 is 34.9 Å². The monoisotopic (exact) mass is 329 g/mol. The third-order valence-electron chi connectivity index (χ3n) is 3.82. The minimum absolute atomic E-state index is 0.0267. The first-order valence-corrected chi connectivity index (χ1v) is 7.63. The molecular weight excluding hydrogens is 314 g/mol. The number of carbonyl (C=O) groups excluding carboxylic acids is 2. The minimum Gasteiger partial charge on any atom is -0.351 e. The lowest BCUT2D eigenvalue weighted by Gasteiger charge is -2.07. The molecule has 0 spiro atoms. The predicted molar refractivity (Wildman–Crippen MR) is 90.6 cm³/mol. The molecule has 0 bridgehead atoms. The van der Waals surface area contributed by atoms with Gasteiger partial charge in [0.15, 0.2) is 0 Å². The van der Waals surface area contributed by atoms with Gasteiger partial charge in [-0.15, -0.1) is 0 Å². The molecule has 0 radical (unpaired) electrons. The quantitative estimate of drug-likeness (QED) is 0.801. The van der Waals surface area contributed by atoms with Gasteiger partial charge >= 0.3 is 6.03 Å². The van der Waals surface area contributed by atoms with Crippen LogP contribution in [0.4, 0.5) is 16.2 Å². The fourth-order valence-electron chi connectivity index (χ4n) is 2.62. The van der Waals surface area contributed by atoms with Crippen molar-refractivity contribution in [2.45, 2.75) is 12.3 Å². The van der Waals surface area contributed by atoms with Crippen molar-refractivity contribution in [3.8, 4) is 0 Å². The van der Waals surface area contributed by atoms with E-state index in [-0.39, 0.29) is 17.7 Å². The number of halogens is 1. The Morgan fingerprint density at radius 2 is 1.70 bits per heavy atom. The molecule has 4 N–H and O–H groups in total. The Hall–Kier alpha value is -2.53. The molecule has 0 aromatic heterocycles. The zero-order chi connectivity index (χ0) is 16.4. The number of rotatable bonds is 4. The number of nitrogens with two attached hydrogens (primary N) is 1. The largest absolute Gasteiger partial charge is 0.351 e. The summed E-state index contributed by atoms with van der Waals surface area (Å²) in [6.07, 6.45) is 0.826. The molecule has 1 aliphatic rings. The summed E-state index contributed by atoms with van der Waals surface area (Å²) in [7, 11) is 0. The number of hydrogen-bond acceptors (Lipinski definition) is 2. The van der Waals surface area contributed by atoms with Gasteiger partial charge in [-0.05, 0) is 48.2 Å². The summed E-state index contributed by atoms with van der Waals surface area (Å²) in [4.78, 5) is 23.2. The highest BCUT2D eigenvalue weighted by Crippen LogP contribution is 2.48. The smallest absolute Gasteiger partial charge is 0.316 e. The van der Waals surface area contributed by atoms with Crippen molar-refractivity contribution in [1.29, 1.82) is 0 Å². The summed E-state index contributed by atoms with van der Waals surface area (Å²) >= 11 is 5.88. The Labute approximate surface area is 138 Å². The van der Waals surface area contributed by atoms with E-state index in [0.717, 1.165) is 12.0 Å². The first-order chi connectivity index (χ1) is 11.0. The van der Waals surface area contributed by atoms with E-state index in [9.17, 15) is 9.59 Å². The second-order valence-corrected chi connectivity index (χ2v) is 6.00. The normalized spacial score (nSPS) is 19.0. The summed E-state index contributed by atoms with van der Waals surface area (Å²) in [5.41, 5.74) is 7.37. The zero-order valence-electron chi connectivity index (χ0n) is 12.3. The van der Waals surface area contributed by atoms with Crippen LogP contribution in [0.3, 0.4) is 0 Å². The highest BCUT2D eigenvalue weighted by atomic mass is 35.5. The van der Waals surface area contributed by atoms with Gasteiger partial charge in [0.25, 0.3) is 0 Å². The molecule has 5 nitrogen and oxygen atoms in total. The van der Waals surface area contributed by atoms with Gasteiger partial charge in [0.2, 0.25) is 5.91 Å². The second kappa shape index (κ2) is 6.30. The van der Waals surface area contributed by atoms with E-state index in [1.807, 2.05) is 24.3 Å². The standard InChI is InChI=1S/C17H16ClN3O2/c18-11-6-4-10(5-7-11)14-9-15(14)16(22)20-12-2-1-3-13(8-12)21-17(19)23/h1-8,14-15H,9H2,(H,20,22)(H3,19,21,23)/t14-,15-/m0/s1. The Morgan fingerprint density at radius 3 is 2.35 bits per heavy atom. The molecule has 1 aliphatic carbocycles. The van der Waals surface area contributed by atoms with Gasteiger partial charge in [-0.1, -0.05) is 29.8 Å². The van der Waals surface area contributed by atoms with Crippen LogP contribution < -0.4 is 16.4 Å². The van der Waals surface area contributed by atoms with Crippen LogP contribution in [-0.2, 0) is 4.79 Å². The molecule has 2 aromatic carbocycles. The van der Waals surface area contributed by atoms with Gasteiger partial charge < -0.3 is 16.4 Å². The molecule has 0 saturated heterocycles. The number of benzene rings is 2. The van der Waals surface area contributed by atoms with Crippen LogP contribution in [0.15, 0.2) is 48.5 Å². The second-order valence-electron chi connectivity index (χ2n) is 5.56. The molecule has 0 unspecified atom stereocenters. The lowest BCUT2D eigenvalue weighted by Crippen LogP contribution is -2.19. The molecule has 23 heavy (non-hydrogen) atoms. The topological polar surface area (TPSA) is 84.2 Å². The first kappa shape index (κ1) is 15.4. The highest BCUT2D eigenvalue weighted by Gasteiger charge is 2.43. The molecule has 2 atom stereocenters. The van der Waals surface area contributed by atoms with Crippen LogP contribution in [0.2, 0.25) is 5.02 Å². The van der Waals surface area contributed by atoms with Crippen LogP contribution in [0.5, 0.6) is 0 Å². The average molecular weight is 330 g/mol. The third kappa shape index (κ3) is 3.81. The summed E-state index contributed by atoms with van der Waals surface area (Å²) in [6, 6.07) is 13.8. The number of amides is 3. The van der Waals surface area contributed by atoms with Gasteiger partial charge in [-0.25, -0.2) is 4.79 Å². The first-order valence-electron chi connectivity index (χ1n) is 7.26. The molecular formula is C17H16ClN3O2. The number of primary amides is 1. The Kier molecular flexibility index (Phi) is 4.21. The minimum atomic E-state index is -0.640. The van der Waals surface area contributed by atoms with Gasteiger partial charge in [0, 0.05) is 22.3 Å². The van der Waals surface area contributed by atoms with Gasteiger partial charge in [-0.3, -0.25) is 4.79 Å². The van der Waals surface area contributed by atoms with Crippen molar-refractivity contribution in [1.82, 2.24) is 0 Å². The van der Waals surface area contributed by atoms with Gasteiger partial charge in [-0.2, -0.15) is 0 Å². The van der Waals surface area contributed by atoms with Crippen LogP contribution >= 0.6 is 11.6 Å². The molecule has 6 heteroatoms. The van der Waals surface area contributed by atoms with Crippen molar-refractivity contribution in [3.05, 3.63) is 59.1 Å². The number of anilines is 2. The molecule has 3 rings (SSSR count). The van der Waals surface area contributed by atoms with E-state index in [1.165, 1.54) is 0 Å². The lowest BCUT2D eigenvalue weighted by molar-refractivity contribution is -0.117. The molecule has 1 fully saturated rings. The average Bonchev–Trinajstić information content (AvgIpc) is 3.28. The maximum atomic E-state index is 12.3. The third-order valence-corrected chi connectivity index (χ3v) is 4.07. The number of urea groups is 1. The molecule has 3 amide bonds. The van der Waals surface area contributed by atoms with Crippen LogP contribution in [0, 0.1) is 5.92 Å². The molecule has 118 valence electrons. The zero-order valence-corrected chi connectivity index (χ0v) is 13.0. The maximum absolute atomic E-state index is 12.3. The number of hydrogen-bond donors (Lipinski definition) is 3. The van der Waals surface area contributed by atoms with Crippen LogP contribution in [0.25, 0.3) is 0 Å². The van der Waals surface area contributed by atoms with Crippen molar-refractivity contribution in [2.75, 3.05) is 10.6 Å². The maximum Gasteiger partial charge on any atom is 0.316 e. The van der Waals surface area contributed by atoms with E-state index in [1.54, 1.807) is 24.3 Å². The van der Waals surface area contributed by atoms with Gasteiger partial charge in [0.1, 0.15) is 0 Å². The Balaban J connectivity index is 1.62. The van der Waals surface area contributed by atoms with Crippen molar-refractivity contribution in [2.24, 2.45) is 11.7 Å². The van der Waals surface area contributed by atoms with E-state index in [2.05, 4.69) is 10.6 Å². The number of nitrogens with one attached hydrogen (secondary N) is 2. The number of carbonyl (C=O) groups is 2. The molecule has 0 heterocycles. The summed E-state index contributed by atoms with van der Waals surface area (Å²) < 4.78 is 0. The molecule has 2 aromatic rings. The van der Waals surface area contributed by atoms with Crippen LogP contribution in [-0.4, -0.2) is 11.9 Å². The van der Waals surface area contributed by atoms with E-state index < -0.39 is 6.03 Å². The SMILES string of the molecule is NC(=O)Nc1cccc(NC(=O)[C@H]2C[C@H]2c2ccc(Cl)cc2)c1. The Morgan fingerprint density at radius 1 is 1.04 bits per heavy atom. The molecule has 1 saturated carbocycles. The van der Waals surface area contributed by atoms with Crippen LogP contribution in [0.1, 0.15) is 17.9 Å². The highest BCUT2D eigenvalue weighted by molar-refractivity contribution is 6.30. The van der Waals surface area contributed by atoms with Gasteiger partial charge in [0.05, 0.1) is 0 Å². The Bertz CT molecular complexity index is 746. The van der Waals surface area contributed by atoms with Crippen molar-refractivity contribution < 1.29 is 9.59 Å². The lowest BCUT2D eigenvalue weighted by atomic mass is 10.1. The van der Waals surface area contributed by atoms with E-state index >= 15 is 0 Å². The summed E-state index contributed by atoms with van der Waals surface area (Å²) in [5, 5.41) is 6.04. The predicted octanol–water partition coefficient (Wildman–Crippen LogP) is 3.57.